The van der Waals surface area contributed by atoms with Crippen LogP contribution in [0.4, 0.5) is 0 Å². The van der Waals surface area contributed by atoms with Crippen LogP contribution in [-0.4, -0.2) is 34.4 Å². The monoisotopic (exact) mass is 263 g/mol. The van der Waals surface area contributed by atoms with Gasteiger partial charge >= 0.3 is 0 Å². The summed E-state index contributed by atoms with van der Waals surface area (Å²) in [4.78, 5) is 28.9. The zero-order valence-corrected chi connectivity index (χ0v) is 11.5. The van der Waals surface area contributed by atoms with Gasteiger partial charge in [-0.05, 0) is 45.2 Å². The molecule has 1 aliphatic rings. The minimum Gasteiger partial charge on any atom is -0.332 e. The Labute approximate surface area is 112 Å². The number of hydrogen-bond donors (Lipinski definition) is 2. The van der Waals surface area contributed by atoms with Crippen LogP contribution in [0.5, 0.6) is 0 Å². The molecule has 0 radical (unpaired) electrons. The molecule has 0 spiro atoms. The maximum absolute atomic E-state index is 12.6. The van der Waals surface area contributed by atoms with Gasteiger partial charge in [0.2, 0.25) is 0 Å². The average molecular weight is 263 g/mol. The largest absolute Gasteiger partial charge is 0.332 e. The summed E-state index contributed by atoms with van der Waals surface area (Å²) in [6, 6.07) is 3.53. The molecule has 1 saturated heterocycles. The van der Waals surface area contributed by atoms with Crippen molar-refractivity contribution >= 4 is 5.91 Å². The first-order chi connectivity index (χ1) is 9.04. The number of carbonyl (C=O) groups excluding carboxylic acids is 1. The van der Waals surface area contributed by atoms with Gasteiger partial charge in [-0.25, -0.2) is 0 Å². The predicted octanol–water partition coefficient (Wildman–Crippen LogP) is 1.03. The van der Waals surface area contributed by atoms with Gasteiger partial charge in [-0.3, -0.25) is 9.59 Å². The predicted molar refractivity (Wildman–Crippen MR) is 74.1 cm³/mol. The molecule has 2 rings (SSSR count). The number of rotatable bonds is 2. The molecule has 5 nitrogen and oxygen atoms in total. The molecule has 1 aromatic rings. The maximum Gasteiger partial charge on any atom is 0.260 e. The van der Waals surface area contributed by atoms with E-state index in [0.717, 1.165) is 25.0 Å². The lowest BCUT2D eigenvalue weighted by atomic mass is 9.95. The highest BCUT2D eigenvalue weighted by Gasteiger charge is 2.32. The van der Waals surface area contributed by atoms with Gasteiger partial charge in [0.25, 0.3) is 11.5 Å². The summed E-state index contributed by atoms with van der Waals surface area (Å²) in [5.41, 5.74) is 6.39. The van der Waals surface area contributed by atoms with Crippen molar-refractivity contribution in [2.24, 2.45) is 5.73 Å². The van der Waals surface area contributed by atoms with E-state index in [1.54, 1.807) is 24.0 Å². The Kier molecular flexibility index (Phi) is 4.04. The van der Waals surface area contributed by atoms with Crippen molar-refractivity contribution in [1.29, 1.82) is 0 Å². The van der Waals surface area contributed by atoms with E-state index in [2.05, 4.69) is 4.98 Å². The number of H-pyrrole nitrogens is 1. The Bertz CT molecular complexity index is 524. The minimum atomic E-state index is -0.321. The fourth-order valence-electron chi connectivity index (χ4n) is 2.76. The Morgan fingerprint density at radius 2 is 2.21 bits per heavy atom. The second kappa shape index (κ2) is 5.57. The average Bonchev–Trinajstić information content (AvgIpc) is 2.37. The van der Waals surface area contributed by atoms with Crippen LogP contribution in [-0.2, 0) is 0 Å². The lowest BCUT2D eigenvalue weighted by Crippen LogP contribution is -2.52. The summed E-state index contributed by atoms with van der Waals surface area (Å²) in [6.45, 7) is 4.25. The highest BCUT2D eigenvalue weighted by atomic mass is 16.2. The molecule has 5 heteroatoms. The SMILES string of the molecule is Cc1ccc(C(=O)N2C(C)CCCC2CN)c(=O)[nH]1. The number of aromatic amines is 1. The van der Waals surface area contributed by atoms with Gasteiger partial charge in [0.1, 0.15) is 5.56 Å². The first kappa shape index (κ1) is 13.8. The molecule has 0 bridgehead atoms. The normalized spacial score (nSPS) is 23.4. The fraction of sp³-hybridized carbons (Fsp3) is 0.571. The first-order valence-corrected chi connectivity index (χ1v) is 6.77. The highest BCUT2D eigenvalue weighted by Crippen LogP contribution is 2.23. The second-order valence-corrected chi connectivity index (χ2v) is 5.27. The Morgan fingerprint density at radius 1 is 1.47 bits per heavy atom. The first-order valence-electron chi connectivity index (χ1n) is 6.77. The van der Waals surface area contributed by atoms with Crippen LogP contribution in [0.1, 0.15) is 42.2 Å². The van der Waals surface area contributed by atoms with Crippen molar-refractivity contribution in [3.8, 4) is 0 Å². The van der Waals surface area contributed by atoms with Gasteiger partial charge in [-0.1, -0.05) is 0 Å². The Hall–Kier alpha value is -1.62. The van der Waals surface area contributed by atoms with E-state index in [0.29, 0.717) is 6.54 Å². The van der Waals surface area contributed by atoms with E-state index in [9.17, 15) is 9.59 Å². The van der Waals surface area contributed by atoms with Crippen molar-refractivity contribution in [1.82, 2.24) is 9.88 Å². The maximum atomic E-state index is 12.6. The smallest absolute Gasteiger partial charge is 0.260 e. The minimum absolute atomic E-state index is 0.0388. The number of aromatic nitrogens is 1. The number of likely N-dealkylation sites (tertiary alicyclic amines) is 1. The molecule has 19 heavy (non-hydrogen) atoms. The number of hydrogen-bond acceptors (Lipinski definition) is 3. The summed E-state index contributed by atoms with van der Waals surface area (Å²) in [6.07, 6.45) is 2.96. The van der Waals surface area contributed by atoms with E-state index >= 15 is 0 Å². The molecule has 104 valence electrons. The van der Waals surface area contributed by atoms with E-state index in [1.165, 1.54) is 0 Å². The third kappa shape index (κ3) is 2.71. The summed E-state index contributed by atoms with van der Waals surface area (Å²) >= 11 is 0. The van der Waals surface area contributed by atoms with Crippen molar-refractivity contribution < 1.29 is 4.79 Å². The third-order valence-electron chi connectivity index (χ3n) is 3.82. The van der Waals surface area contributed by atoms with E-state index in [-0.39, 0.29) is 29.1 Å². The van der Waals surface area contributed by atoms with E-state index in [4.69, 9.17) is 5.73 Å². The van der Waals surface area contributed by atoms with E-state index < -0.39 is 0 Å². The molecular formula is C14H21N3O2. The van der Waals surface area contributed by atoms with Crippen molar-refractivity contribution in [3.63, 3.8) is 0 Å². The van der Waals surface area contributed by atoms with E-state index in [1.807, 2.05) is 6.92 Å². The molecule has 1 aliphatic heterocycles. The number of nitrogens with zero attached hydrogens (tertiary/aromatic N) is 1. The third-order valence-corrected chi connectivity index (χ3v) is 3.82. The van der Waals surface area contributed by atoms with Crippen molar-refractivity contribution in [2.45, 2.75) is 45.2 Å². The number of piperidine rings is 1. The summed E-state index contributed by atoms with van der Waals surface area (Å²) in [7, 11) is 0. The lowest BCUT2D eigenvalue weighted by molar-refractivity contribution is 0.0492. The molecular weight excluding hydrogens is 242 g/mol. The van der Waals surface area contributed by atoms with Crippen LogP contribution in [0.15, 0.2) is 16.9 Å². The summed E-state index contributed by atoms with van der Waals surface area (Å²) in [5, 5.41) is 0. The van der Waals surface area contributed by atoms with Gasteiger partial charge in [0, 0.05) is 24.3 Å². The lowest BCUT2D eigenvalue weighted by Gasteiger charge is -2.40. The number of nitrogens with two attached hydrogens (primary N) is 1. The molecule has 1 amide bonds. The van der Waals surface area contributed by atoms with Gasteiger partial charge < -0.3 is 15.6 Å². The number of amides is 1. The molecule has 1 aromatic heterocycles. The molecule has 0 aliphatic carbocycles. The van der Waals surface area contributed by atoms with Crippen molar-refractivity contribution in [3.05, 3.63) is 33.7 Å². The molecule has 3 N–H and O–H groups in total. The topological polar surface area (TPSA) is 79.2 Å². The molecule has 2 atom stereocenters. The number of carbonyl (C=O) groups is 1. The van der Waals surface area contributed by atoms with Crippen LogP contribution in [0.25, 0.3) is 0 Å². The molecule has 1 fully saturated rings. The molecule has 2 heterocycles. The van der Waals surface area contributed by atoms with Gasteiger partial charge in [-0.2, -0.15) is 0 Å². The van der Waals surface area contributed by atoms with Crippen LogP contribution >= 0.6 is 0 Å². The quantitative estimate of drug-likeness (QED) is 0.836. The second-order valence-electron chi connectivity index (χ2n) is 5.27. The van der Waals surface area contributed by atoms with Crippen LogP contribution in [0.3, 0.4) is 0 Å². The molecule has 2 unspecified atom stereocenters. The van der Waals surface area contributed by atoms with Gasteiger partial charge in [-0.15, -0.1) is 0 Å². The Morgan fingerprint density at radius 3 is 2.84 bits per heavy atom. The van der Waals surface area contributed by atoms with Gasteiger partial charge in [0.05, 0.1) is 0 Å². The summed E-state index contributed by atoms with van der Waals surface area (Å²) in [5.74, 6) is -0.205. The van der Waals surface area contributed by atoms with Crippen LogP contribution < -0.4 is 11.3 Å². The zero-order chi connectivity index (χ0) is 14.0. The van der Waals surface area contributed by atoms with Crippen LogP contribution in [0, 0.1) is 6.92 Å². The Balaban J connectivity index is 2.33. The van der Waals surface area contributed by atoms with Crippen molar-refractivity contribution in [2.75, 3.05) is 6.54 Å². The number of aryl methyl sites for hydroxylation is 1. The van der Waals surface area contributed by atoms with Crippen LogP contribution in [0.2, 0.25) is 0 Å². The molecule has 0 saturated carbocycles. The standard InChI is InChI=1S/C14H21N3O2/c1-9-6-7-12(13(18)16-9)14(19)17-10(2)4-3-5-11(17)8-15/h6-7,10-11H,3-5,8,15H2,1-2H3,(H,16,18). The number of nitrogens with one attached hydrogen (secondary N) is 1. The highest BCUT2D eigenvalue weighted by molar-refractivity contribution is 5.94. The van der Waals surface area contributed by atoms with Gasteiger partial charge in [0.15, 0.2) is 0 Å². The number of pyridine rings is 1. The zero-order valence-electron chi connectivity index (χ0n) is 11.5. The fourth-order valence-corrected chi connectivity index (χ4v) is 2.76. The summed E-state index contributed by atoms with van der Waals surface area (Å²) < 4.78 is 0. The molecule has 0 aromatic carbocycles.